The highest BCUT2D eigenvalue weighted by Gasteiger charge is 2.04. The standard InChI is InChI=1S/C10H13N3O3/c11-6-5-10(14)12-7-8-1-3-9(4-2-8)13(15)16/h1-4H,5-7,11H2,(H,12,14). The number of nitro groups is 1. The van der Waals surface area contributed by atoms with Gasteiger partial charge < -0.3 is 11.1 Å². The molecule has 0 aliphatic rings. The topological polar surface area (TPSA) is 98.3 Å². The van der Waals surface area contributed by atoms with Gasteiger partial charge in [0.2, 0.25) is 5.91 Å². The van der Waals surface area contributed by atoms with Crippen LogP contribution in [0.25, 0.3) is 0 Å². The Balaban J connectivity index is 2.49. The number of benzene rings is 1. The zero-order chi connectivity index (χ0) is 12.0. The lowest BCUT2D eigenvalue weighted by Crippen LogP contribution is -2.24. The van der Waals surface area contributed by atoms with Crippen LogP contribution in [-0.4, -0.2) is 17.4 Å². The Bertz CT molecular complexity index is 375. The summed E-state index contributed by atoms with van der Waals surface area (Å²) in [4.78, 5) is 21.0. The normalized spacial score (nSPS) is 9.81. The Morgan fingerprint density at radius 3 is 2.50 bits per heavy atom. The van der Waals surface area contributed by atoms with E-state index >= 15 is 0 Å². The van der Waals surface area contributed by atoms with Crippen molar-refractivity contribution >= 4 is 11.6 Å². The zero-order valence-corrected chi connectivity index (χ0v) is 8.68. The van der Waals surface area contributed by atoms with E-state index in [4.69, 9.17) is 5.73 Å². The molecule has 16 heavy (non-hydrogen) atoms. The molecule has 0 aliphatic carbocycles. The second-order valence-electron chi connectivity index (χ2n) is 3.24. The maximum atomic E-state index is 11.1. The van der Waals surface area contributed by atoms with Gasteiger partial charge in [0.25, 0.3) is 5.69 Å². The number of nitrogens with zero attached hydrogens (tertiary/aromatic N) is 1. The first-order valence-corrected chi connectivity index (χ1v) is 4.83. The van der Waals surface area contributed by atoms with Crippen LogP contribution in [0.3, 0.4) is 0 Å². The predicted molar refractivity (Wildman–Crippen MR) is 58.6 cm³/mol. The molecular weight excluding hydrogens is 210 g/mol. The maximum absolute atomic E-state index is 11.1. The van der Waals surface area contributed by atoms with E-state index in [2.05, 4.69) is 5.32 Å². The molecule has 0 saturated carbocycles. The lowest BCUT2D eigenvalue weighted by molar-refractivity contribution is -0.384. The number of rotatable bonds is 5. The minimum absolute atomic E-state index is 0.0389. The van der Waals surface area contributed by atoms with E-state index in [0.29, 0.717) is 13.1 Å². The maximum Gasteiger partial charge on any atom is 0.269 e. The Morgan fingerprint density at radius 1 is 1.38 bits per heavy atom. The fourth-order valence-electron chi connectivity index (χ4n) is 1.16. The second kappa shape index (κ2) is 5.82. The summed E-state index contributed by atoms with van der Waals surface area (Å²) in [5.74, 6) is -0.124. The van der Waals surface area contributed by atoms with E-state index in [-0.39, 0.29) is 18.0 Å². The first-order chi connectivity index (χ1) is 7.63. The molecule has 0 unspecified atom stereocenters. The summed E-state index contributed by atoms with van der Waals surface area (Å²) in [5.41, 5.74) is 6.07. The molecule has 0 atom stereocenters. The van der Waals surface area contributed by atoms with Crippen molar-refractivity contribution in [3.8, 4) is 0 Å². The van der Waals surface area contributed by atoms with Gasteiger partial charge in [0, 0.05) is 31.6 Å². The van der Waals surface area contributed by atoms with Crippen molar-refractivity contribution in [2.24, 2.45) is 5.73 Å². The number of amides is 1. The highest BCUT2D eigenvalue weighted by Crippen LogP contribution is 2.11. The van der Waals surface area contributed by atoms with Gasteiger partial charge in [-0.15, -0.1) is 0 Å². The monoisotopic (exact) mass is 223 g/mol. The SMILES string of the molecule is NCCC(=O)NCc1ccc([N+](=O)[O-])cc1. The number of carbonyl (C=O) groups excluding carboxylic acids is 1. The Kier molecular flexibility index (Phi) is 4.41. The third-order valence-corrected chi connectivity index (χ3v) is 2.01. The number of nitro benzene ring substituents is 1. The van der Waals surface area contributed by atoms with E-state index in [1.807, 2.05) is 0 Å². The molecule has 0 aliphatic heterocycles. The lowest BCUT2D eigenvalue weighted by atomic mass is 10.2. The number of hydrogen-bond donors (Lipinski definition) is 2. The average molecular weight is 223 g/mol. The smallest absolute Gasteiger partial charge is 0.269 e. The highest BCUT2D eigenvalue weighted by atomic mass is 16.6. The molecule has 1 rings (SSSR count). The Hall–Kier alpha value is -1.95. The van der Waals surface area contributed by atoms with E-state index in [0.717, 1.165) is 5.56 Å². The van der Waals surface area contributed by atoms with Gasteiger partial charge in [-0.05, 0) is 5.56 Å². The summed E-state index contributed by atoms with van der Waals surface area (Å²) < 4.78 is 0. The first-order valence-electron chi connectivity index (χ1n) is 4.83. The van der Waals surface area contributed by atoms with Gasteiger partial charge in [0.05, 0.1) is 4.92 Å². The van der Waals surface area contributed by atoms with Crippen molar-refractivity contribution in [3.63, 3.8) is 0 Å². The molecule has 86 valence electrons. The lowest BCUT2D eigenvalue weighted by Gasteiger charge is -2.03. The van der Waals surface area contributed by atoms with Crippen LogP contribution in [0.5, 0.6) is 0 Å². The highest BCUT2D eigenvalue weighted by molar-refractivity contribution is 5.76. The van der Waals surface area contributed by atoms with Crippen molar-refractivity contribution in [2.75, 3.05) is 6.54 Å². The number of carbonyl (C=O) groups is 1. The van der Waals surface area contributed by atoms with Gasteiger partial charge >= 0.3 is 0 Å². The van der Waals surface area contributed by atoms with Crippen LogP contribution in [0, 0.1) is 10.1 Å². The molecule has 0 aromatic heterocycles. The van der Waals surface area contributed by atoms with Gasteiger partial charge in [0.15, 0.2) is 0 Å². The van der Waals surface area contributed by atoms with Crippen LogP contribution in [0.2, 0.25) is 0 Å². The van der Waals surface area contributed by atoms with E-state index in [9.17, 15) is 14.9 Å². The number of nitrogens with one attached hydrogen (secondary N) is 1. The largest absolute Gasteiger partial charge is 0.352 e. The minimum atomic E-state index is -0.462. The van der Waals surface area contributed by atoms with Gasteiger partial charge in [-0.25, -0.2) is 0 Å². The van der Waals surface area contributed by atoms with Crippen LogP contribution < -0.4 is 11.1 Å². The Labute approximate surface area is 92.6 Å². The molecule has 0 radical (unpaired) electrons. The van der Waals surface area contributed by atoms with Crippen molar-refractivity contribution in [1.29, 1.82) is 0 Å². The van der Waals surface area contributed by atoms with Crippen LogP contribution in [0.15, 0.2) is 24.3 Å². The van der Waals surface area contributed by atoms with Gasteiger partial charge in [-0.2, -0.15) is 0 Å². The average Bonchev–Trinajstić information content (AvgIpc) is 2.27. The van der Waals surface area contributed by atoms with Crippen LogP contribution in [0.1, 0.15) is 12.0 Å². The van der Waals surface area contributed by atoms with E-state index in [1.54, 1.807) is 12.1 Å². The molecule has 1 aromatic carbocycles. The number of hydrogen-bond acceptors (Lipinski definition) is 4. The summed E-state index contributed by atoms with van der Waals surface area (Å²) >= 11 is 0. The quantitative estimate of drug-likeness (QED) is 0.562. The second-order valence-corrected chi connectivity index (χ2v) is 3.24. The van der Waals surface area contributed by atoms with Gasteiger partial charge in [0.1, 0.15) is 0 Å². The summed E-state index contributed by atoms with van der Waals surface area (Å²) in [7, 11) is 0. The molecule has 1 aromatic rings. The molecule has 6 heteroatoms. The van der Waals surface area contributed by atoms with Gasteiger partial charge in [-0.1, -0.05) is 12.1 Å². The van der Waals surface area contributed by atoms with Crippen LogP contribution >= 0.6 is 0 Å². The van der Waals surface area contributed by atoms with E-state index < -0.39 is 4.92 Å². The molecule has 0 saturated heterocycles. The molecular formula is C10H13N3O3. The zero-order valence-electron chi connectivity index (χ0n) is 8.68. The van der Waals surface area contributed by atoms with Crippen molar-refractivity contribution in [1.82, 2.24) is 5.32 Å². The summed E-state index contributed by atoms with van der Waals surface area (Å²) in [6, 6.07) is 6.04. The molecule has 1 amide bonds. The predicted octanol–water partition coefficient (Wildman–Crippen LogP) is 0.560. The molecule has 0 fully saturated rings. The summed E-state index contributed by atoms with van der Waals surface area (Å²) in [6.07, 6.45) is 0.285. The van der Waals surface area contributed by atoms with Gasteiger partial charge in [-0.3, -0.25) is 14.9 Å². The Morgan fingerprint density at radius 2 is 2.00 bits per heavy atom. The molecule has 6 nitrogen and oxygen atoms in total. The molecule has 0 bridgehead atoms. The molecule has 0 heterocycles. The number of non-ortho nitro benzene ring substituents is 1. The number of nitrogens with two attached hydrogens (primary N) is 1. The third kappa shape index (κ3) is 3.66. The minimum Gasteiger partial charge on any atom is -0.352 e. The van der Waals surface area contributed by atoms with Crippen LogP contribution in [-0.2, 0) is 11.3 Å². The van der Waals surface area contributed by atoms with E-state index in [1.165, 1.54) is 12.1 Å². The fraction of sp³-hybridized carbons (Fsp3) is 0.300. The molecule has 3 N–H and O–H groups in total. The summed E-state index contributed by atoms with van der Waals surface area (Å²) in [6.45, 7) is 0.670. The van der Waals surface area contributed by atoms with Crippen molar-refractivity contribution < 1.29 is 9.72 Å². The van der Waals surface area contributed by atoms with Crippen molar-refractivity contribution in [3.05, 3.63) is 39.9 Å². The van der Waals surface area contributed by atoms with Crippen LogP contribution in [0.4, 0.5) is 5.69 Å². The summed E-state index contributed by atoms with van der Waals surface area (Å²) in [5, 5.41) is 13.0. The first kappa shape index (κ1) is 12.1. The van der Waals surface area contributed by atoms with Crippen molar-refractivity contribution in [2.45, 2.75) is 13.0 Å². The fourth-order valence-corrected chi connectivity index (χ4v) is 1.16. The third-order valence-electron chi connectivity index (χ3n) is 2.01. The molecule has 0 spiro atoms.